The van der Waals surface area contributed by atoms with E-state index in [1.54, 1.807) is 7.11 Å². The first-order valence-electron chi connectivity index (χ1n) is 10.2. The van der Waals surface area contributed by atoms with Crippen LogP contribution in [-0.2, 0) is 17.8 Å². The lowest BCUT2D eigenvalue weighted by Gasteiger charge is -2.21. The van der Waals surface area contributed by atoms with Crippen LogP contribution in [-0.4, -0.2) is 42.6 Å². The van der Waals surface area contributed by atoms with E-state index in [0.717, 1.165) is 63.9 Å². The van der Waals surface area contributed by atoms with Gasteiger partial charge in [0, 0.05) is 51.3 Å². The lowest BCUT2D eigenvalue weighted by molar-refractivity contribution is 0.189. The summed E-state index contributed by atoms with van der Waals surface area (Å²) in [5, 5.41) is 9.91. The Hall–Kier alpha value is -1.59. The van der Waals surface area contributed by atoms with Gasteiger partial charge in [0.2, 0.25) is 0 Å². The number of methoxy groups -OCH3 is 1. The van der Waals surface area contributed by atoms with Crippen molar-refractivity contribution in [1.29, 1.82) is 0 Å². The molecular weight excluding hydrogens is 324 g/mol. The second-order valence-corrected chi connectivity index (χ2v) is 7.39. The maximum Gasteiger partial charge on any atom is 0.158 e. The van der Waals surface area contributed by atoms with Crippen molar-refractivity contribution in [2.24, 2.45) is 0 Å². The Morgan fingerprint density at radius 2 is 2.00 bits per heavy atom. The Labute approximate surface area is 157 Å². The van der Waals surface area contributed by atoms with Crippen LogP contribution in [0.15, 0.2) is 18.2 Å². The molecule has 1 fully saturated rings. The van der Waals surface area contributed by atoms with E-state index in [1.807, 2.05) is 0 Å². The molecule has 1 heterocycles. The van der Waals surface area contributed by atoms with Crippen molar-refractivity contribution in [2.75, 3.05) is 31.7 Å². The summed E-state index contributed by atoms with van der Waals surface area (Å²) >= 11 is 0. The van der Waals surface area contributed by atoms with Gasteiger partial charge >= 0.3 is 0 Å². The first-order chi connectivity index (χ1) is 12.8. The highest BCUT2D eigenvalue weighted by Crippen LogP contribution is 2.28. The minimum Gasteiger partial charge on any atom is -0.385 e. The SMILES string of the molecule is CCCN(CCC)c1nn(CCCOC)c2cc(CNC3CC3)ccc12. The van der Waals surface area contributed by atoms with Gasteiger partial charge in [-0.1, -0.05) is 19.9 Å². The van der Waals surface area contributed by atoms with Crippen molar-refractivity contribution in [1.82, 2.24) is 15.1 Å². The molecule has 0 aliphatic heterocycles. The Morgan fingerprint density at radius 1 is 1.23 bits per heavy atom. The summed E-state index contributed by atoms with van der Waals surface area (Å²) in [4.78, 5) is 2.44. The standard InChI is InChI=1S/C21H34N4O/c1-4-11-24(12-5-2)21-19-10-7-17(16-22-18-8-9-18)15-20(19)25(23-21)13-6-14-26-3/h7,10,15,18,22H,4-6,8-9,11-14,16H2,1-3H3. The van der Waals surface area contributed by atoms with Gasteiger partial charge in [-0.3, -0.25) is 4.68 Å². The number of hydrogen-bond donors (Lipinski definition) is 1. The number of nitrogens with one attached hydrogen (secondary N) is 1. The molecule has 3 rings (SSSR count). The number of aromatic nitrogens is 2. The molecule has 0 spiro atoms. The molecule has 1 aliphatic carbocycles. The average Bonchev–Trinajstić information content (AvgIpc) is 3.41. The number of rotatable bonds is 12. The van der Waals surface area contributed by atoms with E-state index >= 15 is 0 Å². The Balaban J connectivity index is 1.89. The van der Waals surface area contributed by atoms with E-state index in [9.17, 15) is 0 Å². The van der Waals surface area contributed by atoms with E-state index in [2.05, 4.69) is 46.9 Å². The van der Waals surface area contributed by atoms with Crippen molar-refractivity contribution in [2.45, 2.75) is 65.1 Å². The molecular formula is C21H34N4O. The molecule has 0 saturated heterocycles. The molecule has 144 valence electrons. The van der Waals surface area contributed by atoms with Crippen molar-refractivity contribution in [3.63, 3.8) is 0 Å². The quantitative estimate of drug-likeness (QED) is 0.583. The summed E-state index contributed by atoms with van der Waals surface area (Å²) in [7, 11) is 1.76. The number of anilines is 1. The van der Waals surface area contributed by atoms with E-state index in [4.69, 9.17) is 9.84 Å². The summed E-state index contributed by atoms with van der Waals surface area (Å²) in [5.74, 6) is 1.14. The molecule has 1 aromatic carbocycles. The summed E-state index contributed by atoms with van der Waals surface area (Å²) in [6, 6.07) is 7.59. The van der Waals surface area contributed by atoms with Crippen LogP contribution in [0.4, 0.5) is 5.82 Å². The van der Waals surface area contributed by atoms with Crippen LogP contribution < -0.4 is 10.2 Å². The third kappa shape index (κ3) is 4.77. The van der Waals surface area contributed by atoms with Crippen LogP contribution in [0, 0.1) is 0 Å². The number of aryl methyl sites for hydroxylation is 1. The second-order valence-electron chi connectivity index (χ2n) is 7.39. The molecule has 26 heavy (non-hydrogen) atoms. The van der Waals surface area contributed by atoms with Gasteiger partial charge in [0.05, 0.1) is 5.52 Å². The fourth-order valence-electron chi connectivity index (χ4n) is 3.49. The molecule has 0 bridgehead atoms. The van der Waals surface area contributed by atoms with E-state index in [0.29, 0.717) is 0 Å². The van der Waals surface area contributed by atoms with Gasteiger partial charge in [0.1, 0.15) is 0 Å². The van der Waals surface area contributed by atoms with Gasteiger partial charge in [-0.15, -0.1) is 0 Å². The number of hydrogen-bond acceptors (Lipinski definition) is 4. The van der Waals surface area contributed by atoms with Crippen LogP contribution in [0.3, 0.4) is 0 Å². The predicted molar refractivity (Wildman–Crippen MR) is 109 cm³/mol. The summed E-state index contributed by atoms with van der Waals surface area (Å²) < 4.78 is 7.42. The van der Waals surface area contributed by atoms with Crippen LogP contribution in [0.1, 0.15) is 51.5 Å². The molecule has 1 N–H and O–H groups in total. The number of benzene rings is 1. The molecule has 1 aliphatic rings. The molecule has 5 heteroatoms. The van der Waals surface area contributed by atoms with Crippen molar-refractivity contribution < 1.29 is 4.74 Å². The zero-order chi connectivity index (χ0) is 18.4. The summed E-state index contributed by atoms with van der Waals surface area (Å²) in [6.45, 7) is 9.21. The second kappa shape index (κ2) is 9.38. The number of ether oxygens (including phenoxy) is 1. The maximum absolute atomic E-state index is 5.24. The molecule has 0 radical (unpaired) electrons. The lowest BCUT2D eigenvalue weighted by atomic mass is 10.1. The van der Waals surface area contributed by atoms with E-state index in [-0.39, 0.29) is 0 Å². The molecule has 2 aromatic rings. The molecule has 1 saturated carbocycles. The highest BCUT2D eigenvalue weighted by Gasteiger charge is 2.20. The summed E-state index contributed by atoms with van der Waals surface area (Å²) in [6.07, 6.45) is 5.91. The number of nitrogens with zero attached hydrogens (tertiary/aromatic N) is 3. The highest BCUT2D eigenvalue weighted by atomic mass is 16.5. The fourth-order valence-corrected chi connectivity index (χ4v) is 3.49. The third-order valence-electron chi connectivity index (χ3n) is 4.97. The Bertz CT molecular complexity index is 687. The fraction of sp³-hybridized carbons (Fsp3) is 0.667. The molecule has 5 nitrogen and oxygen atoms in total. The molecule has 0 atom stereocenters. The van der Waals surface area contributed by atoms with Crippen LogP contribution in [0.25, 0.3) is 10.9 Å². The smallest absolute Gasteiger partial charge is 0.158 e. The highest BCUT2D eigenvalue weighted by molar-refractivity contribution is 5.91. The van der Waals surface area contributed by atoms with Crippen LogP contribution >= 0.6 is 0 Å². The van der Waals surface area contributed by atoms with Crippen molar-refractivity contribution in [3.8, 4) is 0 Å². The first kappa shape index (κ1) is 19.2. The van der Waals surface area contributed by atoms with Gasteiger partial charge in [0.15, 0.2) is 5.82 Å². The Morgan fingerprint density at radius 3 is 2.65 bits per heavy atom. The van der Waals surface area contributed by atoms with E-state index < -0.39 is 0 Å². The zero-order valence-corrected chi connectivity index (χ0v) is 16.6. The van der Waals surface area contributed by atoms with Crippen LogP contribution in [0.2, 0.25) is 0 Å². The van der Waals surface area contributed by atoms with Gasteiger partial charge in [-0.25, -0.2) is 0 Å². The average molecular weight is 359 g/mol. The zero-order valence-electron chi connectivity index (χ0n) is 16.6. The van der Waals surface area contributed by atoms with Gasteiger partial charge < -0.3 is 15.0 Å². The number of fused-ring (bicyclic) bond motifs is 1. The van der Waals surface area contributed by atoms with Gasteiger partial charge in [0.25, 0.3) is 0 Å². The largest absolute Gasteiger partial charge is 0.385 e. The predicted octanol–water partition coefficient (Wildman–Crippen LogP) is 3.95. The van der Waals surface area contributed by atoms with Crippen molar-refractivity contribution in [3.05, 3.63) is 23.8 Å². The first-order valence-corrected chi connectivity index (χ1v) is 10.2. The summed E-state index contributed by atoms with van der Waals surface area (Å²) in [5.41, 5.74) is 2.60. The maximum atomic E-state index is 5.24. The normalized spacial score (nSPS) is 14.3. The van der Waals surface area contributed by atoms with Gasteiger partial charge in [-0.2, -0.15) is 5.10 Å². The molecule has 0 unspecified atom stereocenters. The topological polar surface area (TPSA) is 42.3 Å². The third-order valence-corrected chi connectivity index (χ3v) is 4.97. The van der Waals surface area contributed by atoms with Crippen LogP contribution in [0.5, 0.6) is 0 Å². The van der Waals surface area contributed by atoms with Gasteiger partial charge in [-0.05, 0) is 49.8 Å². The van der Waals surface area contributed by atoms with E-state index in [1.165, 1.54) is 29.3 Å². The lowest BCUT2D eigenvalue weighted by Crippen LogP contribution is -2.25. The minimum atomic E-state index is 0.734. The Kier molecular flexibility index (Phi) is 6.92. The molecule has 0 amide bonds. The van der Waals surface area contributed by atoms with Crippen molar-refractivity contribution >= 4 is 16.7 Å². The minimum absolute atomic E-state index is 0.734. The monoisotopic (exact) mass is 358 g/mol. The molecule has 1 aromatic heterocycles.